The van der Waals surface area contributed by atoms with Crippen LogP contribution in [-0.4, -0.2) is 46.7 Å². The lowest BCUT2D eigenvalue weighted by molar-refractivity contribution is -0.152. The molecule has 5 heteroatoms. The van der Waals surface area contributed by atoms with Crippen molar-refractivity contribution in [1.82, 2.24) is 4.90 Å². The van der Waals surface area contributed by atoms with E-state index >= 15 is 0 Å². The van der Waals surface area contributed by atoms with Gasteiger partial charge < -0.3 is 15.1 Å². The van der Waals surface area contributed by atoms with E-state index in [1.807, 2.05) is 4.90 Å². The topological polar surface area (TPSA) is 77.8 Å². The number of carbonyl (C=O) groups is 2. The van der Waals surface area contributed by atoms with E-state index in [0.717, 1.165) is 25.7 Å². The first-order valence-corrected chi connectivity index (χ1v) is 7.26. The van der Waals surface area contributed by atoms with Crippen molar-refractivity contribution in [3.63, 3.8) is 0 Å². The summed E-state index contributed by atoms with van der Waals surface area (Å²) >= 11 is 0. The van der Waals surface area contributed by atoms with Crippen LogP contribution < -0.4 is 0 Å². The Labute approximate surface area is 113 Å². The highest BCUT2D eigenvalue weighted by molar-refractivity contribution is 5.85. The first-order valence-electron chi connectivity index (χ1n) is 7.26. The van der Waals surface area contributed by atoms with E-state index < -0.39 is 11.9 Å². The van der Waals surface area contributed by atoms with Crippen molar-refractivity contribution in [1.29, 1.82) is 0 Å². The highest BCUT2D eigenvalue weighted by atomic mass is 16.4. The van der Waals surface area contributed by atoms with Crippen LogP contribution >= 0.6 is 0 Å². The van der Waals surface area contributed by atoms with Crippen molar-refractivity contribution in [2.45, 2.75) is 38.5 Å². The average Bonchev–Trinajstić information content (AvgIpc) is 2.87. The highest BCUT2D eigenvalue weighted by Gasteiger charge is 2.39. The maximum absolute atomic E-state index is 12.5. The molecule has 2 aliphatic rings. The molecule has 1 aliphatic heterocycles. The summed E-state index contributed by atoms with van der Waals surface area (Å²) in [7, 11) is 0. The van der Waals surface area contributed by atoms with Crippen molar-refractivity contribution in [2.75, 3.05) is 19.7 Å². The Kier molecular flexibility index (Phi) is 4.80. The Balaban J connectivity index is 1.96. The number of aliphatic hydroxyl groups is 1. The molecule has 1 saturated carbocycles. The van der Waals surface area contributed by atoms with Crippen LogP contribution in [0.1, 0.15) is 38.5 Å². The summed E-state index contributed by atoms with van der Waals surface area (Å²) in [6, 6.07) is 0. The zero-order valence-corrected chi connectivity index (χ0v) is 11.3. The van der Waals surface area contributed by atoms with Crippen LogP contribution in [0.25, 0.3) is 0 Å². The van der Waals surface area contributed by atoms with Gasteiger partial charge in [-0.05, 0) is 31.6 Å². The van der Waals surface area contributed by atoms with Gasteiger partial charge in [0.25, 0.3) is 0 Å². The Morgan fingerprint density at radius 3 is 2.42 bits per heavy atom. The van der Waals surface area contributed by atoms with Gasteiger partial charge in [-0.25, -0.2) is 0 Å². The van der Waals surface area contributed by atoms with Crippen LogP contribution in [0.2, 0.25) is 0 Å². The SMILES string of the molecule is O=C(O)C1CCCCC1C(=O)N1CCC(CCO)C1. The molecule has 2 fully saturated rings. The predicted octanol–water partition coefficient (Wildman–Crippen LogP) is 1.11. The molecule has 3 unspecified atom stereocenters. The van der Waals surface area contributed by atoms with Gasteiger partial charge in [0.2, 0.25) is 5.91 Å². The van der Waals surface area contributed by atoms with E-state index in [1.165, 1.54) is 0 Å². The first-order chi connectivity index (χ1) is 9.13. The van der Waals surface area contributed by atoms with E-state index in [0.29, 0.717) is 31.8 Å². The molecule has 0 aromatic rings. The largest absolute Gasteiger partial charge is 0.481 e. The van der Waals surface area contributed by atoms with Gasteiger partial charge in [-0.2, -0.15) is 0 Å². The highest BCUT2D eigenvalue weighted by Crippen LogP contribution is 2.33. The standard InChI is InChI=1S/C14H23NO4/c16-8-6-10-5-7-15(9-10)13(17)11-3-1-2-4-12(11)14(18)19/h10-12,16H,1-9H2,(H,18,19). The average molecular weight is 269 g/mol. The summed E-state index contributed by atoms with van der Waals surface area (Å²) in [5, 5.41) is 18.2. The van der Waals surface area contributed by atoms with Crippen LogP contribution in [-0.2, 0) is 9.59 Å². The maximum atomic E-state index is 12.5. The van der Waals surface area contributed by atoms with Crippen molar-refractivity contribution in [3.05, 3.63) is 0 Å². The van der Waals surface area contributed by atoms with Gasteiger partial charge in [0.1, 0.15) is 0 Å². The minimum atomic E-state index is -0.829. The zero-order valence-electron chi connectivity index (χ0n) is 11.3. The Morgan fingerprint density at radius 1 is 1.11 bits per heavy atom. The molecular weight excluding hydrogens is 246 g/mol. The number of hydrogen-bond donors (Lipinski definition) is 2. The smallest absolute Gasteiger partial charge is 0.307 e. The third-order valence-corrected chi connectivity index (χ3v) is 4.54. The molecule has 3 atom stereocenters. The van der Waals surface area contributed by atoms with Gasteiger partial charge in [0, 0.05) is 19.7 Å². The van der Waals surface area contributed by atoms with Crippen molar-refractivity contribution in [2.24, 2.45) is 17.8 Å². The fourth-order valence-electron chi connectivity index (χ4n) is 3.41. The van der Waals surface area contributed by atoms with Gasteiger partial charge in [-0.1, -0.05) is 12.8 Å². The number of carboxylic acids is 1. The number of carboxylic acid groups (broad SMARTS) is 1. The van der Waals surface area contributed by atoms with Crippen molar-refractivity contribution < 1.29 is 19.8 Å². The minimum Gasteiger partial charge on any atom is -0.481 e. The Morgan fingerprint density at radius 2 is 1.79 bits per heavy atom. The molecule has 5 nitrogen and oxygen atoms in total. The fourth-order valence-corrected chi connectivity index (χ4v) is 3.41. The summed E-state index contributed by atoms with van der Waals surface area (Å²) < 4.78 is 0. The van der Waals surface area contributed by atoms with Gasteiger partial charge >= 0.3 is 5.97 Å². The van der Waals surface area contributed by atoms with E-state index in [-0.39, 0.29) is 18.4 Å². The molecule has 0 radical (unpaired) electrons. The van der Waals surface area contributed by atoms with E-state index in [1.54, 1.807) is 0 Å². The van der Waals surface area contributed by atoms with Gasteiger partial charge in [-0.3, -0.25) is 9.59 Å². The molecule has 1 aliphatic carbocycles. The van der Waals surface area contributed by atoms with E-state index in [9.17, 15) is 14.7 Å². The predicted molar refractivity (Wildman–Crippen MR) is 69.5 cm³/mol. The van der Waals surface area contributed by atoms with Gasteiger partial charge in [0.15, 0.2) is 0 Å². The monoisotopic (exact) mass is 269 g/mol. The number of aliphatic hydroxyl groups excluding tert-OH is 1. The molecule has 1 heterocycles. The Bertz CT molecular complexity index is 344. The first kappa shape index (κ1) is 14.3. The number of amides is 1. The van der Waals surface area contributed by atoms with Crippen LogP contribution in [0.5, 0.6) is 0 Å². The van der Waals surface area contributed by atoms with E-state index in [4.69, 9.17) is 5.11 Å². The molecule has 0 bridgehead atoms. The minimum absolute atomic E-state index is 0.0209. The number of hydrogen-bond acceptors (Lipinski definition) is 3. The van der Waals surface area contributed by atoms with Crippen LogP contribution in [0.3, 0.4) is 0 Å². The second kappa shape index (κ2) is 6.37. The second-order valence-corrected chi connectivity index (χ2v) is 5.79. The van der Waals surface area contributed by atoms with Gasteiger partial charge in [0.05, 0.1) is 11.8 Å². The molecule has 19 heavy (non-hydrogen) atoms. The molecule has 2 rings (SSSR count). The normalized spacial score (nSPS) is 31.4. The molecule has 0 spiro atoms. The number of aliphatic carboxylic acids is 1. The zero-order chi connectivity index (χ0) is 13.8. The van der Waals surface area contributed by atoms with Crippen molar-refractivity contribution in [3.8, 4) is 0 Å². The van der Waals surface area contributed by atoms with Crippen molar-refractivity contribution >= 4 is 11.9 Å². The molecule has 2 N–H and O–H groups in total. The van der Waals surface area contributed by atoms with E-state index in [2.05, 4.69) is 0 Å². The molecule has 108 valence electrons. The summed E-state index contributed by atoms with van der Waals surface area (Å²) in [4.78, 5) is 25.5. The number of nitrogens with zero attached hydrogens (tertiary/aromatic N) is 1. The summed E-state index contributed by atoms with van der Waals surface area (Å²) in [5.74, 6) is -1.27. The lowest BCUT2D eigenvalue weighted by Gasteiger charge is -2.31. The number of rotatable bonds is 4. The summed E-state index contributed by atoms with van der Waals surface area (Å²) in [6.07, 6.45) is 4.85. The molecule has 1 amide bonds. The van der Waals surface area contributed by atoms with Gasteiger partial charge in [-0.15, -0.1) is 0 Å². The molecule has 0 aromatic heterocycles. The number of likely N-dealkylation sites (tertiary alicyclic amines) is 1. The van der Waals surface area contributed by atoms with Crippen LogP contribution in [0.4, 0.5) is 0 Å². The lowest BCUT2D eigenvalue weighted by Crippen LogP contribution is -2.41. The molecule has 1 saturated heterocycles. The maximum Gasteiger partial charge on any atom is 0.307 e. The third kappa shape index (κ3) is 3.26. The summed E-state index contributed by atoms with van der Waals surface area (Å²) in [6.45, 7) is 1.56. The molecule has 0 aromatic carbocycles. The third-order valence-electron chi connectivity index (χ3n) is 4.54. The fraction of sp³-hybridized carbons (Fsp3) is 0.857. The molecular formula is C14H23NO4. The second-order valence-electron chi connectivity index (χ2n) is 5.79. The quantitative estimate of drug-likeness (QED) is 0.801. The van der Waals surface area contributed by atoms with Crippen LogP contribution in [0.15, 0.2) is 0 Å². The number of carbonyl (C=O) groups excluding carboxylic acids is 1. The Hall–Kier alpha value is -1.10. The lowest BCUT2D eigenvalue weighted by atomic mass is 9.78. The summed E-state index contributed by atoms with van der Waals surface area (Å²) in [5.41, 5.74) is 0. The van der Waals surface area contributed by atoms with Crippen LogP contribution in [0, 0.1) is 17.8 Å².